The summed E-state index contributed by atoms with van der Waals surface area (Å²) in [5.41, 5.74) is 1.33. The number of aromatic nitrogens is 2. The van der Waals surface area contributed by atoms with Crippen LogP contribution in [0.25, 0.3) is 11.0 Å². The molecule has 0 bridgehead atoms. The predicted molar refractivity (Wildman–Crippen MR) is 81.3 cm³/mol. The maximum atomic E-state index is 12.6. The third-order valence-corrected chi connectivity index (χ3v) is 4.05. The first-order valence-electron chi connectivity index (χ1n) is 7.35. The Balaban J connectivity index is 1.78. The summed E-state index contributed by atoms with van der Waals surface area (Å²) in [5, 5.41) is 0.839. The molecule has 0 atom stereocenters. The Bertz CT molecular complexity index is 829. The van der Waals surface area contributed by atoms with E-state index in [9.17, 15) is 4.79 Å². The first-order valence-corrected chi connectivity index (χ1v) is 7.35. The number of rotatable bonds is 5. The molecule has 112 valence electrons. The summed E-state index contributed by atoms with van der Waals surface area (Å²) >= 11 is 0. The lowest BCUT2D eigenvalue weighted by Gasteiger charge is -2.06. The summed E-state index contributed by atoms with van der Waals surface area (Å²) in [6, 6.07) is 5.60. The lowest BCUT2D eigenvalue weighted by molar-refractivity contribution is 0.0973. The van der Waals surface area contributed by atoms with Gasteiger partial charge in [-0.15, -0.1) is 0 Å². The number of carbonyl (C=O) groups is 1. The standard InChI is InChI=1S/C17H16N2O3/c1-21-15-5-4-12(14(20)9-19-7-6-18-10-19)13-8-16(11-2-3-11)22-17(13)15/h4-8,10-11H,2-3,9H2,1H3. The van der Waals surface area contributed by atoms with Gasteiger partial charge in [-0.3, -0.25) is 4.79 Å². The van der Waals surface area contributed by atoms with Crippen molar-refractivity contribution in [2.24, 2.45) is 0 Å². The van der Waals surface area contributed by atoms with Gasteiger partial charge in [0.15, 0.2) is 17.1 Å². The molecule has 1 saturated carbocycles. The van der Waals surface area contributed by atoms with Gasteiger partial charge in [-0.1, -0.05) is 0 Å². The number of methoxy groups -OCH3 is 1. The number of Topliss-reactive ketones (excluding diaryl/α,β-unsaturated/α-hetero) is 1. The minimum absolute atomic E-state index is 0.0359. The maximum absolute atomic E-state index is 12.6. The number of ketones is 1. The minimum atomic E-state index is 0.0359. The molecule has 0 saturated heterocycles. The van der Waals surface area contributed by atoms with Gasteiger partial charge < -0.3 is 13.7 Å². The van der Waals surface area contributed by atoms with Crippen LogP contribution in [0.2, 0.25) is 0 Å². The quantitative estimate of drug-likeness (QED) is 0.677. The van der Waals surface area contributed by atoms with Crippen molar-refractivity contribution in [2.45, 2.75) is 25.3 Å². The van der Waals surface area contributed by atoms with Gasteiger partial charge in [-0.2, -0.15) is 0 Å². The number of hydrogen-bond acceptors (Lipinski definition) is 4. The molecule has 2 heterocycles. The monoisotopic (exact) mass is 296 g/mol. The van der Waals surface area contributed by atoms with E-state index in [0.29, 0.717) is 22.8 Å². The Labute approximate surface area is 127 Å². The van der Waals surface area contributed by atoms with E-state index in [-0.39, 0.29) is 12.3 Å². The van der Waals surface area contributed by atoms with Crippen LogP contribution in [0.5, 0.6) is 5.75 Å². The molecular weight excluding hydrogens is 280 g/mol. The third kappa shape index (κ3) is 2.19. The zero-order chi connectivity index (χ0) is 15.1. The highest BCUT2D eigenvalue weighted by Crippen LogP contribution is 2.44. The number of fused-ring (bicyclic) bond motifs is 1. The van der Waals surface area contributed by atoms with Crippen molar-refractivity contribution in [3.8, 4) is 5.75 Å². The second-order valence-corrected chi connectivity index (χ2v) is 5.64. The Morgan fingerprint density at radius 1 is 1.45 bits per heavy atom. The van der Waals surface area contributed by atoms with Crippen LogP contribution in [0.1, 0.15) is 34.9 Å². The highest BCUT2D eigenvalue weighted by Gasteiger charge is 2.29. The van der Waals surface area contributed by atoms with E-state index in [1.807, 2.05) is 12.1 Å². The second kappa shape index (κ2) is 5.02. The summed E-state index contributed by atoms with van der Waals surface area (Å²) in [7, 11) is 1.61. The average molecular weight is 296 g/mol. The summed E-state index contributed by atoms with van der Waals surface area (Å²) < 4.78 is 13.1. The van der Waals surface area contributed by atoms with Gasteiger partial charge in [-0.05, 0) is 31.0 Å². The van der Waals surface area contributed by atoms with Gasteiger partial charge in [0.1, 0.15) is 5.76 Å². The summed E-state index contributed by atoms with van der Waals surface area (Å²) in [6.45, 7) is 0.269. The van der Waals surface area contributed by atoms with Gasteiger partial charge in [0.05, 0.1) is 20.0 Å². The molecule has 4 rings (SSSR count). The molecule has 0 radical (unpaired) electrons. The van der Waals surface area contributed by atoms with Crippen molar-refractivity contribution in [2.75, 3.05) is 7.11 Å². The molecule has 22 heavy (non-hydrogen) atoms. The van der Waals surface area contributed by atoms with Gasteiger partial charge in [-0.25, -0.2) is 4.98 Å². The first kappa shape index (κ1) is 13.1. The summed E-state index contributed by atoms with van der Waals surface area (Å²) in [6.07, 6.45) is 7.40. The van der Waals surface area contributed by atoms with E-state index in [4.69, 9.17) is 9.15 Å². The second-order valence-electron chi connectivity index (χ2n) is 5.64. The Morgan fingerprint density at radius 3 is 3.00 bits per heavy atom. The predicted octanol–water partition coefficient (Wildman–Crippen LogP) is 3.40. The molecule has 0 unspecified atom stereocenters. The molecule has 0 amide bonds. The molecule has 2 aromatic heterocycles. The molecule has 5 heteroatoms. The molecule has 1 aliphatic rings. The molecule has 1 aliphatic carbocycles. The van der Waals surface area contributed by atoms with E-state index >= 15 is 0 Å². The van der Waals surface area contributed by atoms with Gasteiger partial charge >= 0.3 is 0 Å². The van der Waals surface area contributed by atoms with E-state index in [1.165, 1.54) is 0 Å². The zero-order valence-corrected chi connectivity index (χ0v) is 12.3. The van der Waals surface area contributed by atoms with Crippen LogP contribution in [0.4, 0.5) is 0 Å². The SMILES string of the molecule is COc1ccc(C(=O)Cn2ccnc2)c2cc(C3CC3)oc12. The van der Waals surface area contributed by atoms with Crippen molar-refractivity contribution in [3.63, 3.8) is 0 Å². The third-order valence-electron chi connectivity index (χ3n) is 4.05. The highest BCUT2D eigenvalue weighted by molar-refractivity contribution is 6.08. The molecular formula is C17H16N2O3. The van der Waals surface area contributed by atoms with Crippen LogP contribution in [-0.2, 0) is 6.54 Å². The molecule has 5 nitrogen and oxygen atoms in total. The number of hydrogen-bond donors (Lipinski definition) is 0. The molecule has 0 spiro atoms. The number of ether oxygens (including phenoxy) is 1. The Kier molecular flexibility index (Phi) is 2.99. The molecule has 0 N–H and O–H groups in total. The van der Waals surface area contributed by atoms with Crippen LogP contribution >= 0.6 is 0 Å². The Morgan fingerprint density at radius 2 is 2.32 bits per heavy atom. The van der Waals surface area contributed by atoms with Crippen LogP contribution < -0.4 is 4.74 Å². The normalized spacial score (nSPS) is 14.4. The van der Waals surface area contributed by atoms with Crippen molar-refractivity contribution in [1.29, 1.82) is 0 Å². The lowest BCUT2D eigenvalue weighted by atomic mass is 10.0. The lowest BCUT2D eigenvalue weighted by Crippen LogP contribution is -2.09. The topological polar surface area (TPSA) is 57.3 Å². The fourth-order valence-corrected chi connectivity index (χ4v) is 2.72. The molecule has 1 fully saturated rings. The zero-order valence-electron chi connectivity index (χ0n) is 12.3. The van der Waals surface area contributed by atoms with E-state index in [1.54, 1.807) is 36.5 Å². The number of nitrogens with zero attached hydrogens (tertiary/aromatic N) is 2. The summed E-state index contributed by atoms with van der Waals surface area (Å²) in [5.74, 6) is 2.15. The average Bonchev–Trinajstić information content (AvgIpc) is 3.07. The number of furan rings is 1. The largest absolute Gasteiger partial charge is 0.493 e. The first-order chi connectivity index (χ1) is 10.8. The van der Waals surface area contributed by atoms with E-state index in [2.05, 4.69) is 4.98 Å². The highest BCUT2D eigenvalue weighted by atomic mass is 16.5. The fourth-order valence-electron chi connectivity index (χ4n) is 2.72. The van der Waals surface area contributed by atoms with Crippen molar-refractivity contribution >= 4 is 16.8 Å². The van der Waals surface area contributed by atoms with Crippen molar-refractivity contribution in [1.82, 2.24) is 9.55 Å². The number of imidazole rings is 1. The van der Waals surface area contributed by atoms with Crippen LogP contribution in [0.3, 0.4) is 0 Å². The number of benzene rings is 1. The number of carbonyl (C=O) groups excluding carboxylic acids is 1. The fraction of sp³-hybridized carbons (Fsp3) is 0.294. The minimum Gasteiger partial charge on any atom is -0.493 e. The summed E-state index contributed by atoms with van der Waals surface area (Å²) in [4.78, 5) is 16.6. The van der Waals surface area contributed by atoms with Gasteiger partial charge in [0.25, 0.3) is 0 Å². The van der Waals surface area contributed by atoms with Crippen LogP contribution in [-0.4, -0.2) is 22.4 Å². The molecule has 1 aromatic carbocycles. The molecule has 3 aromatic rings. The Hall–Kier alpha value is -2.56. The molecule has 0 aliphatic heterocycles. The van der Waals surface area contributed by atoms with Crippen LogP contribution in [0, 0.1) is 0 Å². The van der Waals surface area contributed by atoms with E-state index in [0.717, 1.165) is 24.0 Å². The smallest absolute Gasteiger partial charge is 0.183 e. The maximum Gasteiger partial charge on any atom is 0.183 e. The van der Waals surface area contributed by atoms with Crippen molar-refractivity contribution in [3.05, 3.63) is 48.2 Å². The van der Waals surface area contributed by atoms with Gasteiger partial charge in [0, 0.05) is 29.3 Å². The van der Waals surface area contributed by atoms with Crippen molar-refractivity contribution < 1.29 is 13.9 Å². The van der Waals surface area contributed by atoms with Gasteiger partial charge in [0.2, 0.25) is 0 Å². The van der Waals surface area contributed by atoms with Crippen LogP contribution in [0.15, 0.2) is 41.3 Å². The van der Waals surface area contributed by atoms with E-state index < -0.39 is 0 Å².